The Morgan fingerprint density at radius 3 is 2.20 bits per heavy atom. The molecule has 4 aromatic rings. The highest BCUT2D eigenvalue weighted by molar-refractivity contribution is 5.85. The van der Waals surface area contributed by atoms with Gasteiger partial charge in [0.25, 0.3) is 0 Å². The molecule has 2 aliphatic heterocycles. The number of amides is 1. The first-order chi connectivity index (χ1) is 23.1. The molecule has 2 aromatic heterocycles. The number of carboxylic acid groups (broad SMARTS) is 1. The van der Waals surface area contributed by atoms with Crippen LogP contribution in [0.5, 0.6) is 5.75 Å². The van der Waals surface area contributed by atoms with Crippen molar-refractivity contribution in [2.24, 2.45) is 0 Å². The molecule has 256 valence electrons. The van der Waals surface area contributed by atoms with Crippen molar-refractivity contribution >= 4 is 17.9 Å². The summed E-state index contributed by atoms with van der Waals surface area (Å²) in [6.07, 6.45) is -9.16. The number of rotatable bonds is 8. The molecule has 1 N–H and O–H groups in total. The van der Waals surface area contributed by atoms with Crippen molar-refractivity contribution in [3.63, 3.8) is 0 Å². The lowest BCUT2D eigenvalue weighted by atomic mass is 9.96. The third-order valence-electron chi connectivity index (χ3n) is 8.45. The molecule has 0 bridgehead atoms. The van der Waals surface area contributed by atoms with Gasteiger partial charge in [0.2, 0.25) is 0 Å². The minimum absolute atomic E-state index is 0.0216. The summed E-state index contributed by atoms with van der Waals surface area (Å²) in [4.78, 5) is 40.7. The van der Waals surface area contributed by atoms with Crippen LogP contribution in [0.25, 0.3) is 22.4 Å². The van der Waals surface area contributed by atoms with Crippen molar-refractivity contribution in [2.75, 3.05) is 25.1 Å². The van der Waals surface area contributed by atoms with Crippen LogP contribution in [-0.4, -0.2) is 63.3 Å². The number of hydrogen-bond donors (Lipinski definition) is 1. The van der Waals surface area contributed by atoms with Gasteiger partial charge in [-0.1, -0.05) is 0 Å². The number of aromatic carboxylic acids is 1. The lowest BCUT2D eigenvalue weighted by Gasteiger charge is -2.33. The summed E-state index contributed by atoms with van der Waals surface area (Å²) in [7, 11) is 1.45. The van der Waals surface area contributed by atoms with E-state index >= 15 is 0 Å². The zero-order valence-electron chi connectivity index (χ0n) is 25.8. The van der Waals surface area contributed by atoms with Gasteiger partial charge >= 0.3 is 24.4 Å². The minimum Gasteiger partial charge on any atom is -0.496 e. The normalized spacial score (nSPS) is 17.9. The number of carbonyl (C=O) groups is 2. The molecular formula is C33H27F6N5O5. The molecule has 0 saturated carbocycles. The van der Waals surface area contributed by atoms with Gasteiger partial charge in [-0.2, -0.15) is 26.3 Å². The highest BCUT2D eigenvalue weighted by atomic mass is 19.4. The number of alkyl halides is 6. The van der Waals surface area contributed by atoms with Gasteiger partial charge < -0.3 is 19.5 Å². The number of cyclic esters (lactones) is 1. The molecule has 16 heteroatoms. The molecule has 10 nitrogen and oxygen atoms in total. The zero-order valence-corrected chi connectivity index (χ0v) is 25.8. The molecule has 2 atom stereocenters. The van der Waals surface area contributed by atoms with Crippen molar-refractivity contribution in [1.82, 2.24) is 19.9 Å². The Hall–Kier alpha value is -5.41. The lowest BCUT2D eigenvalue weighted by molar-refractivity contribution is -0.143. The van der Waals surface area contributed by atoms with Crippen LogP contribution in [0.4, 0.5) is 37.0 Å². The molecule has 1 amide bonds. The first-order valence-corrected chi connectivity index (χ1v) is 14.9. The molecule has 2 aliphatic rings. The van der Waals surface area contributed by atoms with Crippen LogP contribution in [0.1, 0.15) is 52.3 Å². The molecule has 0 radical (unpaired) electrons. The summed E-state index contributed by atoms with van der Waals surface area (Å²) < 4.78 is 92.7. The van der Waals surface area contributed by atoms with Crippen molar-refractivity contribution in [3.05, 3.63) is 89.0 Å². The molecule has 4 heterocycles. The van der Waals surface area contributed by atoms with Gasteiger partial charge in [0, 0.05) is 29.8 Å². The summed E-state index contributed by atoms with van der Waals surface area (Å²) in [5.41, 5.74) is -1.41. The van der Waals surface area contributed by atoms with E-state index in [9.17, 15) is 41.0 Å². The number of methoxy groups -OCH3 is 1. The fourth-order valence-corrected chi connectivity index (χ4v) is 5.71. The second-order valence-corrected chi connectivity index (χ2v) is 11.5. The Balaban J connectivity index is 1.39. The Morgan fingerprint density at radius 2 is 1.65 bits per heavy atom. The van der Waals surface area contributed by atoms with Crippen LogP contribution in [0.15, 0.2) is 60.9 Å². The third-order valence-corrected chi connectivity index (χ3v) is 8.45. The predicted molar refractivity (Wildman–Crippen MR) is 162 cm³/mol. The van der Waals surface area contributed by atoms with E-state index in [1.807, 2.05) is 4.90 Å². The Kier molecular flexibility index (Phi) is 8.58. The highest BCUT2D eigenvalue weighted by Crippen LogP contribution is 2.42. The molecule has 0 aliphatic carbocycles. The quantitative estimate of drug-likeness (QED) is 0.191. The first-order valence-electron chi connectivity index (χ1n) is 14.9. The van der Waals surface area contributed by atoms with Crippen LogP contribution < -0.4 is 9.64 Å². The van der Waals surface area contributed by atoms with Crippen LogP contribution in [0, 0.1) is 0 Å². The van der Waals surface area contributed by atoms with Crippen LogP contribution in [0.2, 0.25) is 0 Å². The number of benzene rings is 2. The molecule has 1 unspecified atom stereocenters. The van der Waals surface area contributed by atoms with E-state index in [4.69, 9.17) is 14.5 Å². The minimum atomic E-state index is -5.07. The molecule has 2 fully saturated rings. The summed E-state index contributed by atoms with van der Waals surface area (Å²) in [6.45, 7) is 2.76. The van der Waals surface area contributed by atoms with E-state index in [0.717, 1.165) is 25.7 Å². The SMILES string of the molecule is COc1ccc(-c2cnc(C(=O)O)cn2)cc1-c1ccc(N2CCC2)nc1CN1C(=O)OC(c2cc(C(F)(F)F)cc(C(F)(F)F)c2)[C@@H]1C. The number of carboxylic acids is 1. The number of halogens is 6. The maximum absolute atomic E-state index is 13.6. The Labute approximate surface area is 274 Å². The van der Waals surface area contributed by atoms with Crippen LogP contribution in [0.3, 0.4) is 0 Å². The van der Waals surface area contributed by atoms with E-state index in [0.29, 0.717) is 51.8 Å². The van der Waals surface area contributed by atoms with E-state index in [2.05, 4.69) is 9.97 Å². The standard InChI is InChI=1S/C33H27F6N5O5/c1-17-29(19-10-20(32(34,35)36)13-21(11-19)33(37,38)39)49-31(47)44(17)16-26-22(5-7-28(42-26)43-8-3-9-43)23-12-18(4-6-27(23)48-2)24-14-41-25(15-40-24)30(45)46/h4-7,10-15,17,29H,3,8-9,16H2,1-2H3,(H,45,46)/t17-,29?/m0/s1. The number of hydrogen-bond acceptors (Lipinski definition) is 8. The van der Waals surface area contributed by atoms with Crippen molar-refractivity contribution < 1.29 is 50.5 Å². The van der Waals surface area contributed by atoms with E-state index < -0.39 is 53.3 Å². The zero-order chi connectivity index (χ0) is 35.2. The molecule has 0 spiro atoms. The summed E-state index contributed by atoms with van der Waals surface area (Å²) in [6, 6.07) is 8.81. The van der Waals surface area contributed by atoms with Crippen molar-refractivity contribution in [1.29, 1.82) is 0 Å². The monoisotopic (exact) mass is 687 g/mol. The maximum Gasteiger partial charge on any atom is 0.416 e. The maximum atomic E-state index is 13.6. The number of pyridine rings is 1. The van der Waals surface area contributed by atoms with Gasteiger partial charge in [-0.3, -0.25) is 9.88 Å². The largest absolute Gasteiger partial charge is 0.496 e. The molecule has 6 rings (SSSR count). The molecule has 2 aromatic carbocycles. The van der Waals surface area contributed by atoms with E-state index in [1.54, 1.807) is 30.3 Å². The first kappa shape index (κ1) is 33.5. The average molecular weight is 688 g/mol. The molecule has 2 saturated heterocycles. The second kappa shape index (κ2) is 12.6. The van der Waals surface area contributed by atoms with Gasteiger partial charge in [-0.15, -0.1) is 0 Å². The van der Waals surface area contributed by atoms with Gasteiger partial charge in [-0.25, -0.2) is 19.6 Å². The van der Waals surface area contributed by atoms with Gasteiger partial charge in [0.05, 0.1) is 54.6 Å². The van der Waals surface area contributed by atoms with Crippen LogP contribution in [-0.2, 0) is 23.6 Å². The van der Waals surface area contributed by atoms with E-state index in [1.165, 1.54) is 25.1 Å². The lowest BCUT2D eigenvalue weighted by Crippen LogP contribution is -2.38. The Morgan fingerprint density at radius 1 is 0.959 bits per heavy atom. The van der Waals surface area contributed by atoms with Crippen LogP contribution >= 0.6 is 0 Å². The Bertz CT molecular complexity index is 1880. The van der Waals surface area contributed by atoms with Gasteiger partial charge in [0.15, 0.2) is 5.69 Å². The average Bonchev–Trinajstić information content (AvgIpc) is 3.31. The number of aromatic nitrogens is 3. The summed E-state index contributed by atoms with van der Waals surface area (Å²) in [5, 5.41) is 9.19. The fraction of sp³-hybridized carbons (Fsp3) is 0.303. The predicted octanol–water partition coefficient (Wildman–Crippen LogP) is 7.24. The topological polar surface area (TPSA) is 118 Å². The van der Waals surface area contributed by atoms with Crippen molar-refractivity contribution in [2.45, 2.75) is 44.4 Å². The molecular weight excluding hydrogens is 660 g/mol. The fourth-order valence-electron chi connectivity index (χ4n) is 5.71. The van der Waals surface area contributed by atoms with Crippen molar-refractivity contribution in [3.8, 4) is 28.1 Å². The second-order valence-electron chi connectivity index (χ2n) is 11.5. The number of carbonyl (C=O) groups excluding carboxylic acids is 1. The highest BCUT2D eigenvalue weighted by Gasteiger charge is 2.43. The summed E-state index contributed by atoms with van der Waals surface area (Å²) in [5.74, 6) is -0.213. The third kappa shape index (κ3) is 6.67. The smallest absolute Gasteiger partial charge is 0.416 e. The van der Waals surface area contributed by atoms with Gasteiger partial charge in [-0.05, 0) is 67.4 Å². The number of nitrogens with zero attached hydrogens (tertiary/aromatic N) is 5. The summed E-state index contributed by atoms with van der Waals surface area (Å²) >= 11 is 0. The van der Waals surface area contributed by atoms with E-state index in [-0.39, 0.29) is 18.3 Å². The molecule has 49 heavy (non-hydrogen) atoms. The number of anilines is 1. The van der Waals surface area contributed by atoms with Gasteiger partial charge in [0.1, 0.15) is 17.7 Å². The number of ether oxygens (including phenoxy) is 2.